The first-order chi connectivity index (χ1) is 7.92. The van der Waals surface area contributed by atoms with Gasteiger partial charge in [-0.2, -0.15) is 13.2 Å². The Hall–Kier alpha value is -0.200. The van der Waals surface area contributed by atoms with Gasteiger partial charge in [0.25, 0.3) is 0 Å². The molecule has 0 aliphatic rings. The maximum absolute atomic E-state index is 12.0. The molecule has 1 aromatic carbocycles. The summed E-state index contributed by atoms with van der Waals surface area (Å²) in [4.78, 5) is 0. The molecule has 1 unspecified atom stereocenters. The maximum atomic E-state index is 12.0. The molecule has 0 saturated carbocycles. The Morgan fingerprint density at radius 2 is 1.82 bits per heavy atom. The highest BCUT2D eigenvalue weighted by atomic mass is 79.9. The molecule has 0 radical (unpaired) electrons. The molecule has 0 heterocycles. The van der Waals surface area contributed by atoms with Crippen molar-refractivity contribution < 1.29 is 13.2 Å². The Morgan fingerprint density at radius 1 is 1.24 bits per heavy atom. The van der Waals surface area contributed by atoms with Gasteiger partial charge in [-0.1, -0.05) is 39.8 Å². The third-order valence-electron chi connectivity index (χ3n) is 2.36. The van der Waals surface area contributed by atoms with Gasteiger partial charge in [-0.05, 0) is 36.6 Å². The standard InChI is InChI=1S/C11H13BrF3NS/c12-10-3-1-8(2-4-10)9(7-16)5-6-17-11(13,14)15/h1-4,9H,5-7,16H2. The quantitative estimate of drug-likeness (QED) is 0.879. The van der Waals surface area contributed by atoms with Crippen LogP contribution in [0.2, 0.25) is 0 Å². The molecule has 1 rings (SSSR count). The van der Waals surface area contributed by atoms with E-state index >= 15 is 0 Å². The van der Waals surface area contributed by atoms with Crippen molar-refractivity contribution in [3.05, 3.63) is 34.3 Å². The second-order valence-corrected chi connectivity index (χ2v) is 5.64. The van der Waals surface area contributed by atoms with Crippen LogP contribution in [0.1, 0.15) is 17.9 Å². The molecule has 0 amide bonds. The van der Waals surface area contributed by atoms with E-state index in [9.17, 15) is 13.2 Å². The molecule has 0 aliphatic carbocycles. The zero-order valence-electron chi connectivity index (χ0n) is 9.01. The second-order valence-electron chi connectivity index (χ2n) is 3.57. The van der Waals surface area contributed by atoms with E-state index in [1.165, 1.54) is 0 Å². The highest BCUT2D eigenvalue weighted by Crippen LogP contribution is 2.32. The van der Waals surface area contributed by atoms with Crippen LogP contribution in [0, 0.1) is 0 Å². The maximum Gasteiger partial charge on any atom is 0.441 e. The van der Waals surface area contributed by atoms with Crippen LogP contribution in [-0.2, 0) is 0 Å². The molecule has 0 spiro atoms. The van der Waals surface area contributed by atoms with E-state index in [0.29, 0.717) is 13.0 Å². The normalized spacial score (nSPS) is 13.7. The van der Waals surface area contributed by atoms with Crippen LogP contribution in [-0.4, -0.2) is 17.8 Å². The third kappa shape index (κ3) is 5.79. The molecule has 1 aromatic rings. The number of rotatable bonds is 5. The number of benzene rings is 1. The fourth-order valence-corrected chi connectivity index (χ4v) is 2.37. The molecule has 96 valence electrons. The van der Waals surface area contributed by atoms with Gasteiger partial charge in [-0.25, -0.2) is 0 Å². The highest BCUT2D eigenvalue weighted by Gasteiger charge is 2.28. The first-order valence-electron chi connectivity index (χ1n) is 5.08. The Bertz CT molecular complexity index is 340. The van der Waals surface area contributed by atoms with Crippen LogP contribution >= 0.6 is 27.7 Å². The van der Waals surface area contributed by atoms with Gasteiger partial charge in [0.1, 0.15) is 0 Å². The smallest absolute Gasteiger partial charge is 0.330 e. The van der Waals surface area contributed by atoms with Crippen molar-refractivity contribution in [2.45, 2.75) is 17.8 Å². The van der Waals surface area contributed by atoms with E-state index in [1.807, 2.05) is 24.3 Å². The van der Waals surface area contributed by atoms with Gasteiger partial charge >= 0.3 is 5.51 Å². The summed E-state index contributed by atoms with van der Waals surface area (Å²) in [6.45, 7) is 0.361. The van der Waals surface area contributed by atoms with E-state index in [-0.39, 0.29) is 23.4 Å². The molecular formula is C11H13BrF3NS. The average molecular weight is 328 g/mol. The number of hydrogen-bond donors (Lipinski definition) is 1. The minimum Gasteiger partial charge on any atom is -0.330 e. The lowest BCUT2D eigenvalue weighted by atomic mass is 9.97. The van der Waals surface area contributed by atoms with E-state index in [0.717, 1.165) is 10.0 Å². The van der Waals surface area contributed by atoms with Crippen LogP contribution in [0.3, 0.4) is 0 Å². The highest BCUT2D eigenvalue weighted by molar-refractivity contribution is 9.10. The second kappa shape index (κ2) is 6.66. The van der Waals surface area contributed by atoms with Crippen molar-refractivity contribution >= 4 is 27.7 Å². The van der Waals surface area contributed by atoms with E-state index < -0.39 is 5.51 Å². The van der Waals surface area contributed by atoms with E-state index in [1.54, 1.807) is 0 Å². The summed E-state index contributed by atoms with van der Waals surface area (Å²) in [6.07, 6.45) is 0.433. The summed E-state index contributed by atoms with van der Waals surface area (Å²) in [6, 6.07) is 7.52. The minimum atomic E-state index is -4.15. The fourth-order valence-electron chi connectivity index (χ4n) is 1.47. The van der Waals surface area contributed by atoms with E-state index in [2.05, 4.69) is 15.9 Å². The van der Waals surface area contributed by atoms with E-state index in [4.69, 9.17) is 5.73 Å². The molecule has 0 bridgehead atoms. The zero-order chi connectivity index (χ0) is 12.9. The molecule has 1 atom stereocenters. The van der Waals surface area contributed by atoms with Gasteiger partial charge in [0.05, 0.1) is 0 Å². The zero-order valence-corrected chi connectivity index (χ0v) is 11.4. The van der Waals surface area contributed by atoms with Crippen LogP contribution in [0.5, 0.6) is 0 Å². The summed E-state index contributed by atoms with van der Waals surface area (Å²) in [5, 5.41) is 0. The van der Waals surface area contributed by atoms with Gasteiger partial charge in [-0.3, -0.25) is 0 Å². The lowest BCUT2D eigenvalue weighted by molar-refractivity contribution is -0.0328. The van der Waals surface area contributed by atoms with Crippen LogP contribution < -0.4 is 5.73 Å². The van der Waals surface area contributed by atoms with Crippen molar-refractivity contribution in [1.82, 2.24) is 0 Å². The molecule has 0 aliphatic heterocycles. The van der Waals surface area contributed by atoms with Gasteiger partial charge in [0.2, 0.25) is 0 Å². The molecule has 1 nitrogen and oxygen atoms in total. The molecule has 17 heavy (non-hydrogen) atoms. The number of nitrogens with two attached hydrogens (primary N) is 1. The largest absolute Gasteiger partial charge is 0.441 e. The summed E-state index contributed by atoms with van der Waals surface area (Å²) >= 11 is 3.32. The molecular weight excluding hydrogens is 315 g/mol. The third-order valence-corrected chi connectivity index (χ3v) is 3.65. The van der Waals surface area contributed by atoms with Gasteiger partial charge in [-0.15, -0.1) is 0 Å². The van der Waals surface area contributed by atoms with Crippen molar-refractivity contribution in [1.29, 1.82) is 0 Å². The average Bonchev–Trinajstić information content (AvgIpc) is 2.24. The van der Waals surface area contributed by atoms with Crippen LogP contribution in [0.25, 0.3) is 0 Å². The first kappa shape index (κ1) is 14.9. The SMILES string of the molecule is NCC(CCSC(F)(F)F)c1ccc(Br)cc1. The predicted octanol–water partition coefficient (Wildman–Crippen LogP) is 4.13. The monoisotopic (exact) mass is 327 g/mol. The number of halogens is 4. The summed E-state index contributed by atoms with van der Waals surface area (Å²) in [5.41, 5.74) is 2.42. The van der Waals surface area contributed by atoms with Crippen molar-refractivity contribution in [3.8, 4) is 0 Å². The van der Waals surface area contributed by atoms with Gasteiger partial charge in [0.15, 0.2) is 0 Å². The minimum absolute atomic E-state index is 0.0103. The van der Waals surface area contributed by atoms with Crippen LogP contribution in [0.15, 0.2) is 28.7 Å². The summed E-state index contributed by atoms with van der Waals surface area (Å²) in [7, 11) is 0. The van der Waals surface area contributed by atoms with Gasteiger partial charge < -0.3 is 5.73 Å². The molecule has 0 fully saturated rings. The van der Waals surface area contributed by atoms with Gasteiger partial charge in [0, 0.05) is 10.2 Å². The summed E-state index contributed by atoms with van der Waals surface area (Å²) < 4.78 is 36.9. The lowest BCUT2D eigenvalue weighted by Crippen LogP contribution is -2.14. The van der Waals surface area contributed by atoms with Crippen molar-refractivity contribution in [2.75, 3.05) is 12.3 Å². The van der Waals surface area contributed by atoms with Crippen molar-refractivity contribution in [3.63, 3.8) is 0 Å². The Morgan fingerprint density at radius 3 is 2.29 bits per heavy atom. The molecule has 2 N–H and O–H groups in total. The predicted molar refractivity (Wildman–Crippen MR) is 69.1 cm³/mol. The fraction of sp³-hybridized carbons (Fsp3) is 0.455. The van der Waals surface area contributed by atoms with Crippen LogP contribution in [0.4, 0.5) is 13.2 Å². The number of thioether (sulfide) groups is 1. The number of alkyl halides is 3. The topological polar surface area (TPSA) is 26.0 Å². The lowest BCUT2D eigenvalue weighted by Gasteiger charge is -2.15. The Labute approximate surface area is 111 Å². The first-order valence-corrected chi connectivity index (χ1v) is 6.86. The Kier molecular flexibility index (Phi) is 5.82. The van der Waals surface area contributed by atoms with Crippen molar-refractivity contribution in [2.24, 2.45) is 5.73 Å². The Balaban J connectivity index is 2.51. The number of hydrogen-bond acceptors (Lipinski definition) is 2. The molecule has 0 aromatic heterocycles. The summed E-state index contributed by atoms with van der Waals surface area (Å²) in [5.74, 6) is 0.0273. The molecule has 6 heteroatoms. The molecule has 0 saturated heterocycles.